The topological polar surface area (TPSA) is 59.8 Å². The van der Waals surface area contributed by atoms with Gasteiger partial charge < -0.3 is 5.32 Å². The largest absolute Gasteiger partial charge is 0.389 e. The fraction of sp³-hybridized carbons (Fsp3) is 0.357. The molecule has 2 aromatic rings. The summed E-state index contributed by atoms with van der Waals surface area (Å²) < 4.78 is 37.5. The minimum atomic E-state index is -4.16. The SMILES string of the molecule is O=C(CCSCCC(F)(F)F)Nc1cn(-c2cccnc2)nc1Cl. The molecule has 0 spiro atoms. The van der Waals surface area contributed by atoms with Crippen LogP contribution >= 0.6 is 23.4 Å². The number of nitrogens with zero attached hydrogens (tertiary/aromatic N) is 3. The van der Waals surface area contributed by atoms with Gasteiger partial charge in [-0.1, -0.05) is 11.6 Å². The highest BCUT2D eigenvalue weighted by atomic mass is 35.5. The first-order valence-electron chi connectivity index (χ1n) is 6.95. The molecule has 0 unspecified atom stereocenters. The summed E-state index contributed by atoms with van der Waals surface area (Å²) in [5.41, 5.74) is 1.02. The molecule has 0 radical (unpaired) electrons. The highest BCUT2D eigenvalue weighted by Gasteiger charge is 2.26. The fourth-order valence-electron chi connectivity index (χ4n) is 1.73. The third kappa shape index (κ3) is 6.04. The van der Waals surface area contributed by atoms with Gasteiger partial charge in [-0.3, -0.25) is 9.78 Å². The number of aromatic nitrogens is 3. The molecular weight excluding hydrogens is 365 g/mol. The summed E-state index contributed by atoms with van der Waals surface area (Å²) in [6.45, 7) is 0. The maximum Gasteiger partial charge on any atom is 0.389 e. The van der Waals surface area contributed by atoms with Gasteiger partial charge in [0.15, 0.2) is 5.15 Å². The normalized spacial score (nSPS) is 11.5. The molecule has 0 aliphatic heterocycles. The van der Waals surface area contributed by atoms with E-state index < -0.39 is 12.6 Å². The van der Waals surface area contributed by atoms with Crippen molar-refractivity contribution in [2.45, 2.75) is 19.0 Å². The van der Waals surface area contributed by atoms with Crippen LogP contribution in [-0.2, 0) is 4.79 Å². The highest BCUT2D eigenvalue weighted by molar-refractivity contribution is 7.99. The maximum absolute atomic E-state index is 12.0. The van der Waals surface area contributed by atoms with Crippen molar-refractivity contribution >= 4 is 35.0 Å². The Labute approximate surface area is 145 Å². The van der Waals surface area contributed by atoms with Gasteiger partial charge in [0, 0.05) is 24.1 Å². The minimum absolute atomic E-state index is 0.0591. The summed E-state index contributed by atoms with van der Waals surface area (Å²) in [6, 6.07) is 3.51. The van der Waals surface area contributed by atoms with Crippen LogP contribution in [0.15, 0.2) is 30.7 Å². The van der Waals surface area contributed by atoms with Gasteiger partial charge in [0.1, 0.15) is 0 Å². The van der Waals surface area contributed by atoms with E-state index in [-0.39, 0.29) is 23.2 Å². The van der Waals surface area contributed by atoms with E-state index in [2.05, 4.69) is 15.4 Å². The highest BCUT2D eigenvalue weighted by Crippen LogP contribution is 2.23. The van der Waals surface area contributed by atoms with Crippen molar-refractivity contribution in [1.29, 1.82) is 0 Å². The van der Waals surface area contributed by atoms with Gasteiger partial charge in [-0.15, -0.1) is 0 Å². The second-order valence-electron chi connectivity index (χ2n) is 4.77. The monoisotopic (exact) mass is 378 g/mol. The number of carbonyl (C=O) groups excluding carboxylic acids is 1. The molecule has 0 atom stereocenters. The van der Waals surface area contributed by atoms with E-state index in [1.165, 1.54) is 4.68 Å². The molecule has 1 amide bonds. The average molecular weight is 379 g/mol. The van der Waals surface area contributed by atoms with Crippen molar-refractivity contribution in [3.05, 3.63) is 35.9 Å². The van der Waals surface area contributed by atoms with Crippen molar-refractivity contribution in [3.8, 4) is 5.69 Å². The van der Waals surface area contributed by atoms with Gasteiger partial charge in [0.05, 0.1) is 30.2 Å². The lowest BCUT2D eigenvalue weighted by atomic mass is 10.4. The number of anilines is 1. The molecule has 0 saturated carbocycles. The van der Waals surface area contributed by atoms with Crippen LogP contribution in [0.25, 0.3) is 5.69 Å². The van der Waals surface area contributed by atoms with Crippen molar-refractivity contribution in [1.82, 2.24) is 14.8 Å². The van der Waals surface area contributed by atoms with E-state index >= 15 is 0 Å². The number of hydrogen-bond donors (Lipinski definition) is 1. The molecule has 0 aromatic carbocycles. The number of nitrogens with one attached hydrogen (secondary N) is 1. The number of carbonyl (C=O) groups is 1. The Bertz CT molecular complexity index is 678. The first-order valence-corrected chi connectivity index (χ1v) is 8.48. The van der Waals surface area contributed by atoms with E-state index in [1.54, 1.807) is 30.7 Å². The van der Waals surface area contributed by atoms with E-state index in [0.717, 1.165) is 11.8 Å². The Morgan fingerprint density at radius 3 is 2.83 bits per heavy atom. The van der Waals surface area contributed by atoms with E-state index in [1.807, 2.05) is 0 Å². The number of alkyl halides is 3. The lowest BCUT2D eigenvalue weighted by Gasteiger charge is -2.06. The Hall–Kier alpha value is -1.74. The zero-order valence-electron chi connectivity index (χ0n) is 12.4. The van der Waals surface area contributed by atoms with Crippen LogP contribution in [-0.4, -0.2) is 38.4 Å². The summed E-state index contributed by atoms with van der Waals surface area (Å²) >= 11 is 7.06. The standard InChI is InChI=1S/C14H14ClF3N4OS/c15-13-11(9-22(21-13)10-2-1-5-19-8-10)20-12(23)3-6-24-7-4-14(16,17)18/h1-2,5,8-9H,3-4,6-7H2,(H,20,23). The van der Waals surface area contributed by atoms with Gasteiger partial charge in [-0.25, -0.2) is 4.68 Å². The lowest BCUT2D eigenvalue weighted by Crippen LogP contribution is -2.13. The molecule has 130 valence electrons. The van der Waals surface area contributed by atoms with E-state index in [9.17, 15) is 18.0 Å². The molecular formula is C14H14ClF3N4OS. The molecule has 0 aliphatic rings. The summed E-state index contributed by atoms with van der Waals surface area (Å²) in [6.07, 6.45) is -0.169. The first kappa shape index (κ1) is 18.6. The Morgan fingerprint density at radius 1 is 1.38 bits per heavy atom. The Kier molecular flexibility index (Phi) is 6.50. The molecule has 10 heteroatoms. The van der Waals surface area contributed by atoms with Crippen molar-refractivity contribution in [3.63, 3.8) is 0 Å². The third-order valence-electron chi connectivity index (χ3n) is 2.86. The second-order valence-corrected chi connectivity index (χ2v) is 6.35. The van der Waals surface area contributed by atoms with Crippen LogP contribution in [0.1, 0.15) is 12.8 Å². The van der Waals surface area contributed by atoms with Crippen molar-refractivity contribution in [2.24, 2.45) is 0 Å². The van der Waals surface area contributed by atoms with Gasteiger partial charge in [0.25, 0.3) is 0 Å². The number of hydrogen-bond acceptors (Lipinski definition) is 4. The van der Waals surface area contributed by atoms with Crippen molar-refractivity contribution in [2.75, 3.05) is 16.8 Å². The molecule has 0 aliphatic carbocycles. The quantitative estimate of drug-likeness (QED) is 0.741. The van der Waals surface area contributed by atoms with E-state index in [4.69, 9.17) is 11.6 Å². The molecule has 0 fully saturated rings. The number of thioether (sulfide) groups is 1. The molecule has 5 nitrogen and oxygen atoms in total. The molecule has 1 N–H and O–H groups in total. The molecule has 0 saturated heterocycles. The number of halogens is 4. The predicted molar refractivity (Wildman–Crippen MR) is 87.6 cm³/mol. The van der Waals surface area contributed by atoms with Gasteiger partial charge in [-0.2, -0.15) is 30.0 Å². The first-order chi connectivity index (χ1) is 11.3. The van der Waals surface area contributed by atoms with Gasteiger partial charge in [0.2, 0.25) is 5.91 Å². The van der Waals surface area contributed by atoms with Crippen LogP contribution in [0.5, 0.6) is 0 Å². The number of rotatable bonds is 7. The molecule has 0 bridgehead atoms. The zero-order valence-corrected chi connectivity index (χ0v) is 14.0. The summed E-state index contributed by atoms with van der Waals surface area (Å²) in [5, 5.41) is 6.79. The summed E-state index contributed by atoms with van der Waals surface area (Å²) in [5.74, 6) is -0.0885. The van der Waals surface area contributed by atoms with Crippen LogP contribution in [0, 0.1) is 0 Å². The molecule has 2 aromatic heterocycles. The average Bonchev–Trinajstić information content (AvgIpc) is 2.88. The maximum atomic E-state index is 12.0. The zero-order chi connectivity index (χ0) is 17.6. The molecule has 2 heterocycles. The van der Waals surface area contributed by atoms with Crippen molar-refractivity contribution < 1.29 is 18.0 Å². The smallest absolute Gasteiger partial charge is 0.322 e. The number of amides is 1. The predicted octanol–water partition coefficient (Wildman–Crippen LogP) is 3.93. The Balaban J connectivity index is 1.81. The van der Waals surface area contributed by atoms with Crippen LogP contribution in [0.4, 0.5) is 18.9 Å². The molecule has 24 heavy (non-hydrogen) atoms. The van der Waals surface area contributed by atoms with Crippen LogP contribution < -0.4 is 5.32 Å². The van der Waals surface area contributed by atoms with Crippen LogP contribution in [0.2, 0.25) is 5.15 Å². The van der Waals surface area contributed by atoms with E-state index in [0.29, 0.717) is 17.1 Å². The lowest BCUT2D eigenvalue weighted by molar-refractivity contribution is -0.129. The minimum Gasteiger partial charge on any atom is -0.322 e. The summed E-state index contributed by atoms with van der Waals surface area (Å²) in [4.78, 5) is 15.8. The van der Waals surface area contributed by atoms with Crippen LogP contribution in [0.3, 0.4) is 0 Å². The fourth-order valence-corrected chi connectivity index (χ4v) is 2.81. The summed E-state index contributed by atoms with van der Waals surface area (Å²) in [7, 11) is 0. The molecule has 2 rings (SSSR count). The third-order valence-corrected chi connectivity index (χ3v) is 4.12. The van der Waals surface area contributed by atoms with Gasteiger partial charge >= 0.3 is 6.18 Å². The number of pyridine rings is 1. The Morgan fingerprint density at radius 2 is 2.17 bits per heavy atom. The van der Waals surface area contributed by atoms with Gasteiger partial charge in [-0.05, 0) is 12.1 Å². The second kappa shape index (κ2) is 8.39.